The fourth-order valence-electron chi connectivity index (χ4n) is 2.88. The van der Waals surface area contributed by atoms with Gasteiger partial charge in [0.15, 0.2) is 0 Å². The second-order valence-electron chi connectivity index (χ2n) is 5.81. The van der Waals surface area contributed by atoms with Gasteiger partial charge in [0.2, 0.25) is 5.91 Å². The van der Waals surface area contributed by atoms with Gasteiger partial charge in [0.1, 0.15) is 11.5 Å². The van der Waals surface area contributed by atoms with E-state index in [1.165, 1.54) is 18.0 Å². The van der Waals surface area contributed by atoms with Crippen LogP contribution in [0.5, 0.6) is 5.75 Å². The minimum atomic E-state index is -0.493. The molecule has 2 aliphatic heterocycles. The van der Waals surface area contributed by atoms with Crippen LogP contribution in [-0.4, -0.2) is 35.3 Å². The highest BCUT2D eigenvalue weighted by Gasteiger charge is 2.29. The molecule has 2 aromatic rings. The van der Waals surface area contributed by atoms with E-state index in [0.717, 1.165) is 23.2 Å². The van der Waals surface area contributed by atoms with Gasteiger partial charge in [0, 0.05) is 36.7 Å². The molecular weight excluding hydrogens is 324 g/mol. The van der Waals surface area contributed by atoms with Crippen molar-refractivity contribution >= 4 is 17.7 Å². The zero-order valence-corrected chi connectivity index (χ0v) is 13.5. The van der Waals surface area contributed by atoms with Crippen molar-refractivity contribution in [3.8, 4) is 17.0 Å². The second kappa shape index (κ2) is 5.97. The molecule has 0 saturated carbocycles. The molecule has 128 valence electrons. The van der Waals surface area contributed by atoms with Gasteiger partial charge in [-0.2, -0.15) is 5.10 Å². The molecule has 8 nitrogen and oxygen atoms in total. The van der Waals surface area contributed by atoms with E-state index in [-0.39, 0.29) is 12.5 Å². The largest absolute Gasteiger partial charge is 0.492 e. The van der Waals surface area contributed by atoms with Crippen LogP contribution in [0.15, 0.2) is 36.4 Å². The smallest absolute Gasteiger partial charge is 0.419 e. The van der Waals surface area contributed by atoms with Crippen molar-refractivity contribution in [2.75, 3.05) is 18.1 Å². The van der Waals surface area contributed by atoms with Crippen LogP contribution in [0.4, 0.5) is 10.5 Å². The summed E-state index contributed by atoms with van der Waals surface area (Å²) >= 11 is 0. The minimum Gasteiger partial charge on any atom is -0.492 e. The number of aromatic amines is 1. The van der Waals surface area contributed by atoms with Gasteiger partial charge in [-0.05, 0) is 12.1 Å². The topological polar surface area (TPSA) is 96.5 Å². The number of anilines is 1. The number of ether oxygens (including phenoxy) is 2. The van der Waals surface area contributed by atoms with E-state index in [9.17, 15) is 9.59 Å². The van der Waals surface area contributed by atoms with E-state index >= 15 is 0 Å². The lowest BCUT2D eigenvalue weighted by Crippen LogP contribution is -2.23. The molecule has 1 aromatic carbocycles. The summed E-state index contributed by atoms with van der Waals surface area (Å²) in [4.78, 5) is 24.6. The molecule has 3 heterocycles. The first kappa shape index (κ1) is 15.3. The molecule has 2 aliphatic rings. The maximum Gasteiger partial charge on any atom is 0.419 e. The number of hydrogen-bond donors (Lipinski definition) is 2. The van der Waals surface area contributed by atoms with Crippen LogP contribution < -0.4 is 15.0 Å². The van der Waals surface area contributed by atoms with E-state index in [1.54, 1.807) is 6.20 Å². The number of amides is 2. The third-order valence-electron chi connectivity index (χ3n) is 4.08. The van der Waals surface area contributed by atoms with E-state index in [1.807, 2.05) is 18.2 Å². The Morgan fingerprint density at radius 2 is 2.32 bits per heavy atom. The number of nitrogens with zero attached hydrogens (tertiary/aromatic N) is 2. The average Bonchev–Trinajstić information content (AvgIpc) is 3.15. The minimum absolute atomic E-state index is 0.226. The molecule has 4 rings (SSSR count). The van der Waals surface area contributed by atoms with Crippen molar-refractivity contribution in [2.24, 2.45) is 0 Å². The second-order valence-corrected chi connectivity index (χ2v) is 5.81. The molecule has 2 N–H and O–H groups in total. The zero-order chi connectivity index (χ0) is 17.4. The third-order valence-corrected chi connectivity index (χ3v) is 4.08. The fraction of sp³-hybridized carbons (Fsp3) is 0.235. The van der Waals surface area contributed by atoms with Crippen LogP contribution >= 0.6 is 0 Å². The summed E-state index contributed by atoms with van der Waals surface area (Å²) in [7, 11) is 0. The number of nitrogens with one attached hydrogen (secondary N) is 2. The summed E-state index contributed by atoms with van der Waals surface area (Å²) in [6, 6.07) is 5.55. The summed E-state index contributed by atoms with van der Waals surface area (Å²) in [6.07, 6.45) is 3.48. The molecule has 0 spiro atoms. The molecule has 1 aromatic heterocycles. The van der Waals surface area contributed by atoms with Gasteiger partial charge < -0.3 is 14.8 Å². The van der Waals surface area contributed by atoms with Crippen LogP contribution in [0.25, 0.3) is 11.3 Å². The van der Waals surface area contributed by atoms with Crippen molar-refractivity contribution in [2.45, 2.75) is 13.3 Å². The van der Waals surface area contributed by atoms with Crippen LogP contribution in [0.1, 0.15) is 12.5 Å². The molecule has 8 heteroatoms. The van der Waals surface area contributed by atoms with Crippen LogP contribution in [-0.2, 0) is 16.0 Å². The number of cyclic esters (lactones) is 1. The number of H-pyrrole nitrogens is 1. The van der Waals surface area contributed by atoms with Gasteiger partial charge in [0.05, 0.1) is 30.7 Å². The maximum atomic E-state index is 12.1. The Morgan fingerprint density at radius 1 is 1.44 bits per heavy atom. The Morgan fingerprint density at radius 3 is 3.16 bits per heavy atom. The first-order valence-corrected chi connectivity index (χ1v) is 7.87. The molecule has 25 heavy (non-hydrogen) atoms. The molecule has 0 unspecified atom stereocenters. The highest BCUT2D eigenvalue weighted by atomic mass is 16.6. The Hall–Kier alpha value is -3.29. The van der Waals surface area contributed by atoms with Crippen LogP contribution in [0, 0.1) is 0 Å². The Balaban J connectivity index is 1.63. The van der Waals surface area contributed by atoms with Crippen molar-refractivity contribution in [1.82, 2.24) is 15.5 Å². The first-order valence-electron chi connectivity index (χ1n) is 7.87. The van der Waals surface area contributed by atoms with E-state index < -0.39 is 6.09 Å². The van der Waals surface area contributed by atoms with E-state index in [0.29, 0.717) is 23.8 Å². The van der Waals surface area contributed by atoms with Gasteiger partial charge in [-0.15, -0.1) is 0 Å². The van der Waals surface area contributed by atoms with Crippen molar-refractivity contribution in [1.29, 1.82) is 0 Å². The number of carbonyl (C=O) groups excluding carboxylic acids is 2. The van der Waals surface area contributed by atoms with Crippen molar-refractivity contribution in [3.63, 3.8) is 0 Å². The van der Waals surface area contributed by atoms with Gasteiger partial charge in [-0.3, -0.25) is 14.8 Å². The van der Waals surface area contributed by atoms with Crippen LogP contribution in [0.3, 0.4) is 0 Å². The highest BCUT2D eigenvalue weighted by molar-refractivity contribution is 5.92. The summed E-state index contributed by atoms with van der Waals surface area (Å²) in [5.41, 5.74) is 3.62. The van der Waals surface area contributed by atoms with Gasteiger partial charge >= 0.3 is 6.09 Å². The summed E-state index contributed by atoms with van der Waals surface area (Å²) in [5, 5.41) is 9.60. The predicted octanol–water partition coefficient (Wildman–Crippen LogP) is 1.95. The fourth-order valence-corrected chi connectivity index (χ4v) is 2.88. The lowest BCUT2D eigenvalue weighted by Gasteiger charge is -2.15. The first-order chi connectivity index (χ1) is 12.1. The van der Waals surface area contributed by atoms with Gasteiger partial charge in [-0.1, -0.05) is 0 Å². The summed E-state index contributed by atoms with van der Waals surface area (Å²) < 4.78 is 11.0. The number of aromatic nitrogens is 2. The normalized spacial score (nSPS) is 17.4. The third kappa shape index (κ3) is 2.82. The molecule has 2 amide bonds. The lowest BCUT2D eigenvalue weighted by atomic mass is 10.1. The Bertz CT molecular complexity index is 887. The molecule has 0 radical (unpaired) electrons. The van der Waals surface area contributed by atoms with E-state index in [2.05, 4.69) is 15.5 Å². The highest BCUT2D eigenvalue weighted by Crippen LogP contribution is 2.37. The number of carbonyl (C=O) groups is 2. The average molecular weight is 340 g/mol. The standard InChI is InChI=1S/C17H16N4O4/c1-10(22)18-8-13-9-21(17(23)25-13)12-2-3-14-15(6-12)24-5-4-11-7-19-20-16(11)14/h2-3,6-8H,4-5,9H2,1H3,(H,18,22)(H,19,20)/b13-8-. The van der Waals surface area contributed by atoms with Crippen molar-refractivity contribution in [3.05, 3.63) is 41.9 Å². The summed E-state index contributed by atoms with van der Waals surface area (Å²) in [6.45, 7) is 2.17. The molecule has 0 bridgehead atoms. The molecule has 1 fully saturated rings. The maximum absolute atomic E-state index is 12.1. The van der Waals surface area contributed by atoms with Gasteiger partial charge in [0.25, 0.3) is 0 Å². The molecule has 0 atom stereocenters. The van der Waals surface area contributed by atoms with Crippen LogP contribution in [0.2, 0.25) is 0 Å². The number of benzene rings is 1. The number of hydrogen-bond acceptors (Lipinski definition) is 5. The predicted molar refractivity (Wildman–Crippen MR) is 88.9 cm³/mol. The Kier molecular flexibility index (Phi) is 3.64. The lowest BCUT2D eigenvalue weighted by molar-refractivity contribution is -0.118. The monoisotopic (exact) mass is 340 g/mol. The molecule has 1 saturated heterocycles. The quantitative estimate of drug-likeness (QED) is 0.871. The molecular formula is C17H16N4O4. The number of rotatable bonds is 2. The Labute approximate surface area is 143 Å². The summed E-state index contributed by atoms with van der Waals surface area (Å²) in [5.74, 6) is 0.843. The number of fused-ring (bicyclic) bond motifs is 3. The van der Waals surface area contributed by atoms with Crippen molar-refractivity contribution < 1.29 is 19.1 Å². The zero-order valence-electron chi connectivity index (χ0n) is 13.5. The SMILES string of the molecule is CC(=O)N/C=C1/CN(c2ccc3c(c2)OCCc2cn[nH]c2-3)C(=O)O1. The van der Waals surface area contributed by atoms with Gasteiger partial charge in [-0.25, -0.2) is 4.79 Å². The van der Waals surface area contributed by atoms with E-state index in [4.69, 9.17) is 9.47 Å². The molecule has 0 aliphatic carbocycles.